The van der Waals surface area contributed by atoms with Crippen molar-refractivity contribution < 1.29 is 9.84 Å². The third kappa shape index (κ3) is 2.99. The lowest BCUT2D eigenvalue weighted by atomic mass is 10.3. The first kappa shape index (κ1) is 12.4. The van der Waals surface area contributed by atoms with Crippen LogP contribution in [0, 0.1) is 0 Å². The summed E-state index contributed by atoms with van der Waals surface area (Å²) in [5, 5.41) is 18.0. The number of phenols is 1. The summed E-state index contributed by atoms with van der Waals surface area (Å²) in [6.45, 7) is 0. The van der Waals surface area contributed by atoms with Gasteiger partial charge in [-0.25, -0.2) is 0 Å². The Balaban J connectivity index is 2.21. The van der Waals surface area contributed by atoms with E-state index in [1.165, 1.54) is 6.07 Å². The largest absolute Gasteiger partial charge is 0.506 e. The number of hydrogen-bond acceptors (Lipinski definition) is 4. The maximum atomic E-state index is 9.56. The summed E-state index contributed by atoms with van der Waals surface area (Å²) in [6, 6.07) is 11.7. The van der Waals surface area contributed by atoms with E-state index in [1.807, 2.05) is 0 Å². The molecule has 0 aliphatic carbocycles. The highest BCUT2D eigenvalue weighted by Crippen LogP contribution is 2.30. The molecule has 0 heterocycles. The second-order valence-electron chi connectivity index (χ2n) is 3.53. The smallest absolute Gasteiger partial charge is 0.143 e. The van der Waals surface area contributed by atoms with Gasteiger partial charge in [-0.1, -0.05) is 11.6 Å². The number of methoxy groups -OCH3 is 1. The minimum absolute atomic E-state index is 0.0386. The van der Waals surface area contributed by atoms with Crippen LogP contribution in [-0.2, 0) is 0 Å². The van der Waals surface area contributed by atoms with Gasteiger partial charge in [0, 0.05) is 5.02 Å². The molecule has 0 unspecified atom stereocenters. The van der Waals surface area contributed by atoms with Gasteiger partial charge in [0.1, 0.15) is 17.2 Å². The maximum absolute atomic E-state index is 9.56. The first-order chi connectivity index (χ1) is 8.69. The lowest BCUT2D eigenvalue weighted by Crippen LogP contribution is -1.79. The molecule has 0 spiro atoms. The standard InChI is InChI=1S/C13H11ClN2O2/c1-18-11-5-3-10(4-6-11)15-16-12-8-9(14)2-7-13(12)17/h2-8,17H,1H3. The second-order valence-corrected chi connectivity index (χ2v) is 3.97. The van der Waals surface area contributed by atoms with E-state index in [1.54, 1.807) is 43.5 Å². The van der Waals surface area contributed by atoms with Crippen LogP contribution in [-0.4, -0.2) is 12.2 Å². The number of rotatable bonds is 3. The molecule has 92 valence electrons. The average molecular weight is 263 g/mol. The van der Waals surface area contributed by atoms with Gasteiger partial charge in [0.15, 0.2) is 0 Å². The van der Waals surface area contributed by atoms with Crippen molar-refractivity contribution in [1.82, 2.24) is 0 Å². The molecule has 0 aromatic heterocycles. The Bertz CT molecular complexity index is 568. The molecule has 5 heteroatoms. The summed E-state index contributed by atoms with van der Waals surface area (Å²) in [6.07, 6.45) is 0. The molecular weight excluding hydrogens is 252 g/mol. The van der Waals surface area contributed by atoms with Crippen LogP contribution in [0.15, 0.2) is 52.7 Å². The van der Waals surface area contributed by atoms with Gasteiger partial charge < -0.3 is 9.84 Å². The highest BCUT2D eigenvalue weighted by Gasteiger charge is 2.00. The fourth-order valence-electron chi connectivity index (χ4n) is 1.34. The molecule has 0 aliphatic heterocycles. The van der Waals surface area contributed by atoms with Crippen molar-refractivity contribution >= 4 is 23.0 Å². The van der Waals surface area contributed by atoms with Gasteiger partial charge in [0.2, 0.25) is 0 Å². The van der Waals surface area contributed by atoms with Crippen LogP contribution < -0.4 is 4.74 Å². The summed E-state index contributed by atoms with van der Waals surface area (Å²) in [7, 11) is 1.60. The second kappa shape index (κ2) is 5.51. The van der Waals surface area contributed by atoms with E-state index in [0.717, 1.165) is 5.75 Å². The topological polar surface area (TPSA) is 54.2 Å². The first-order valence-electron chi connectivity index (χ1n) is 5.23. The van der Waals surface area contributed by atoms with Crippen LogP contribution in [0.5, 0.6) is 11.5 Å². The molecule has 0 fully saturated rings. The molecule has 18 heavy (non-hydrogen) atoms. The fraction of sp³-hybridized carbons (Fsp3) is 0.0769. The van der Waals surface area contributed by atoms with Gasteiger partial charge in [-0.15, -0.1) is 5.11 Å². The molecule has 0 saturated carbocycles. The van der Waals surface area contributed by atoms with Gasteiger partial charge in [-0.3, -0.25) is 0 Å². The first-order valence-corrected chi connectivity index (χ1v) is 5.61. The highest BCUT2D eigenvalue weighted by molar-refractivity contribution is 6.30. The molecule has 0 bridgehead atoms. The summed E-state index contributed by atoms with van der Waals surface area (Å²) in [4.78, 5) is 0. The van der Waals surface area contributed by atoms with E-state index < -0.39 is 0 Å². The van der Waals surface area contributed by atoms with E-state index in [9.17, 15) is 5.11 Å². The maximum Gasteiger partial charge on any atom is 0.143 e. The minimum atomic E-state index is 0.0386. The van der Waals surface area contributed by atoms with Crippen LogP contribution in [0.25, 0.3) is 0 Å². The summed E-state index contributed by atoms with van der Waals surface area (Å²) < 4.78 is 5.04. The Morgan fingerprint density at radius 2 is 1.78 bits per heavy atom. The van der Waals surface area contributed by atoms with Crippen molar-refractivity contribution in [3.63, 3.8) is 0 Å². The van der Waals surface area contributed by atoms with Gasteiger partial charge in [-0.05, 0) is 42.5 Å². The summed E-state index contributed by atoms with van der Waals surface area (Å²) in [5.74, 6) is 0.788. The molecule has 2 rings (SSSR count). The van der Waals surface area contributed by atoms with Crippen molar-refractivity contribution in [3.05, 3.63) is 47.5 Å². The molecule has 4 nitrogen and oxygen atoms in total. The molecule has 2 aromatic carbocycles. The number of phenolic OH excluding ortho intramolecular Hbond substituents is 1. The fourth-order valence-corrected chi connectivity index (χ4v) is 1.50. The summed E-state index contributed by atoms with van der Waals surface area (Å²) >= 11 is 5.81. The van der Waals surface area contributed by atoms with Gasteiger partial charge in [0.05, 0.1) is 12.8 Å². The van der Waals surface area contributed by atoms with Crippen molar-refractivity contribution in [2.45, 2.75) is 0 Å². The molecule has 0 atom stereocenters. The monoisotopic (exact) mass is 262 g/mol. The molecule has 0 amide bonds. The lowest BCUT2D eigenvalue weighted by molar-refractivity contribution is 0.415. The average Bonchev–Trinajstić information content (AvgIpc) is 2.40. The van der Waals surface area contributed by atoms with Crippen molar-refractivity contribution in [2.24, 2.45) is 10.2 Å². The van der Waals surface area contributed by atoms with Gasteiger partial charge in [0.25, 0.3) is 0 Å². The number of nitrogens with zero attached hydrogens (tertiary/aromatic N) is 2. The van der Waals surface area contributed by atoms with Gasteiger partial charge in [-0.2, -0.15) is 5.11 Å². The minimum Gasteiger partial charge on any atom is -0.506 e. The van der Waals surface area contributed by atoms with E-state index >= 15 is 0 Å². The van der Waals surface area contributed by atoms with E-state index in [2.05, 4.69) is 10.2 Å². The Labute approximate surface area is 110 Å². The van der Waals surface area contributed by atoms with Crippen LogP contribution >= 0.6 is 11.6 Å². The third-order valence-corrected chi connectivity index (χ3v) is 2.52. The van der Waals surface area contributed by atoms with Crippen molar-refractivity contribution in [2.75, 3.05) is 7.11 Å². The Morgan fingerprint density at radius 3 is 2.44 bits per heavy atom. The quantitative estimate of drug-likeness (QED) is 0.830. The number of aromatic hydroxyl groups is 1. The molecule has 1 N–H and O–H groups in total. The molecule has 2 aromatic rings. The Kier molecular flexibility index (Phi) is 3.79. The molecule has 0 aliphatic rings. The zero-order valence-electron chi connectivity index (χ0n) is 9.67. The predicted molar refractivity (Wildman–Crippen MR) is 70.3 cm³/mol. The Morgan fingerprint density at radius 1 is 1.06 bits per heavy atom. The number of azo groups is 1. The molecule has 0 saturated heterocycles. The zero-order valence-corrected chi connectivity index (χ0v) is 10.4. The van der Waals surface area contributed by atoms with E-state index in [4.69, 9.17) is 16.3 Å². The number of benzene rings is 2. The number of halogens is 1. The van der Waals surface area contributed by atoms with Crippen molar-refractivity contribution in [1.29, 1.82) is 0 Å². The highest BCUT2D eigenvalue weighted by atomic mass is 35.5. The number of ether oxygens (including phenoxy) is 1. The summed E-state index contributed by atoms with van der Waals surface area (Å²) in [5.41, 5.74) is 0.994. The van der Waals surface area contributed by atoms with Crippen LogP contribution in [0.2, 0.25) is 5.02 Å². The van der Waals surface area contributed by atoms with Crippen molar-refractivity contribution in [3.8, 4) is 11.5 Å². The normalized spacial score (nSPS) is 10.8. The number of hydrogen-bond donors (Lipinski definition) is 1. The van der Waals surface area contributed by atoms with E-state index in [0.29, 0.717) is 16.4 Å². The molecule has 0 radical (unpaired) electrons. The van der Waals surface area contributed by atoms with Crippen LogP contribution in [0.3, 0.4) is 0 Å². The SMILES string of the molecule is COc1ccc(N=Nc2cc(Cl)ccc2O)cc1. The zero-order chi connectivity index (χ0) is 13.0. The third-order valence-electron chi connectivity index (χ3n) is 2.28. The predicted octanol–water partition coefficient (Wildman–Crippen LogP) is 4.47. The van der Waals surface area contributed by atoms with E-state index in [-0.39, 0.29) is 5.75 Å². The van der Waals surface area contributed by atoms with Crippen LogP contribution in [0.4, 0.5) is 11.4 Å². The Hall–Kier alpha value is -2.07. The molecular formula is C13H11ClN2O2. The van der Waals surface area contributed by atoms with Gasteiger partial charge >= 0.3 is 0 Å². The lowest BCUT2D eigenvalue weighted by Gasteiger charge is -1.99. The van der Waals surface area contributed by atoms with Crippen LogP contribution in [0.1, 0.15) is 0 Å².